The second-order valence-electron chi connectivity index (χ2n) is 6.26. The van der Waals surface area contributed by atoms with Crippen molar-refractivity contribution >= 4 is 0 Å². The minimum absolute atomic E-state index is 0.637. The van der Waals surface area contributed by atoms with E-state index in [4.69, 9.17) is 15.2 Å². The third-order valence-electron chi connectivity index (χ3n) is 5.02. The van der Waals surface area contributed by atoms with Gasteiger partial charge in [-0.2, -0.15) is 0 Å². The smallest absolute Gasteiger partial charge is 0.122 e. The van der Waals surface area contributed by atoms with E-state index in [2.05, 4.69) is 0 Å². The second-order valence-corrected chi connectivity index (χ2v) is 6.26. The van der Waals surface area contributed by atoms with Gasteiger partial charge in [-0.1, -0.05) is 6.42 Å². The van der Waals surface area contributed by atoms with Gasteiger partial charge in [0.15, 0.2) is 0 Å². The lowest BCUT2D eigenvalue weighted by Gasteiger charge is -2.22. The summed E-state index contributed by atoms with van der Waals surface area (Å²) in [6, 6.07) is 6.04. The molecule has 1 aromatic carbocycles. The van der Waals surface area contributed by atoms with Crippen LogP contribution in [0.4, 0.5) is 0 Å². The molecule has 0 aliphatic heterocycles. The van der Waals surface area contributed by atoms with Crippen LogP contribution in [0, 0.1) is 17.8 Å². The molecule has 3 unspecified atom stereocenters. The summed E-state index contributed by atoms with van der Waals surface area (Å²) in [6.45, 7) is 1.50. The van der Waals surface area contributed by atoms with Crippen molar-refractivity contribution in [3.05, 3.63) is 23.8 Å². The fourth-order valence-electron chi connectivity index (χ4n) is 3.95. The molecule has 2 bridgehead atoms. The first-order valence-corrected chi connectivity index (χ1v) is 7.80. The Balaban J connectivity index is 1.64. The summed E-state index contributed by atoms with van der Waals surface area (Å²) in [5, 5.41) is 0. The standard InChI is InChI=1S/C17H25NO2/c1-19-16-4-5-17(14(10-16)6-7-18)20-11-15-9-12-2-3-13(15)8-12/h4-5,10,12-13,15H,2-3,6-9,11,18H2,1H3. The van der Waals surface area contributed by atoms with Crippen LogP contribution in [0.3, 0.4) is 0 Å². The Morgan fingerprint density at radius 1 is 1.25 bits per heavy atom. The van der Waals surface area contributed by atoms with E-state index < -0.39 is 0 Å². The van der Waals surface area contributed by atoms with E-state index in [-0.39, 0.29) is 0 Å². The Kier molecular flexibility index (Phi) is 4.16. The second kappa shape index (κ2) is 6.04. The van der Waals surface area contributed by atoms with Gasteiger partial charge in [-0.3, -0.25) is 0 Å². The molecule has 0 saturated heterocycles. The summed E-state index contributed by atoms with van der Waals surface area (Å²) >= 11 is 0. The van der Waals surface area contributed by atoms with Crippen LogP contribution in [0.5, 0.6) is 11.5 Å². The SMILES string of the molecule is COc1ccc(OCC2CC3CCC2C3)c(CCN)c1. The van der Waals surface area contributed by atoms with Gasteiger partial charge in [-0.05, 0) is 73.7 Å². The Morgan fingerprint density at radius 3 is 2.80 bits per heavy atom. The van der Waals surface area contributed by atoms with Gasteiger partial charge in [0.05, 0.1) is 13.7 Å². The maximum absolute atomic E-state index is 6.11. The van der Waals surface area contributed by atoms with E-state index in [1.165, 1.54) is 25.7 Å². The highest BCUT2D eigenvalue weighted by atomic mass is 16.5. The molecule has 3 nitrogen and oxygen atoms in total. The average molecular weight is 275 g/mol. The van der Waals surface area contributed by atoms with E-state index in [9.17, 15) is 0 Å². The number of fused-ring (bicyclic) bond motifs is 2. The molecule has 0 amide bonds. The largest absolute Gasteiger partial charge is 0.497 e. The predicted octanol–water partition coefficient (Wildman–Crippen LogP) is 3.01. The van der Waals surface area contributed by atoms with Crippen LogP contribution in [0.25, 0.3) is 0 Å². The fourth-order valence-corrected chi connectivity index (χ4v) is 3.95. The van der Waals surface area contributed by atoms with Crippen molar-refractivity contribution < 1.29 is 9.47 Å². The molecule has 1 aromatic rings. The third kappa shape index (κ3) is 2.78. The van der Waals surface area contributed by atoms with Crippen LogP contribution in [-0.4, -0.2) is 20.3 Å². The first-order chi connectivity index (χ1) is 9.80. The maximum atomic E-state index is 6.11. The van der Waals surface area contributed by atoms with Gasteiger partial charge in [0.25, 0.3) is 0 Å². The lowest BCUT2D eigenvalue weighted by atomic mass is 9.89. The summed E-state index contributed by atoms with van der Waals surface area (Å²) in [5.74, 6) is 4.52. The molecule has 0 spiro atoms. The number of rotatable bonds is 6. The summed E-state index contributed by atoms with van der Waals surface area (Å²) in [4.78, 5) is 0. The molecule has 0 aromatic heterocycles. The predicted molar refractivity (Wildman–Crippen MR) is 80.2 cm³/mol. The summed E-state index contributed by atoms with van der Waals surface area (Å²) in [7, 11) is 1.69. The van der Waals surface area contributed by atoms with Crippen molar-refractivity contribution in [2.24, 2.45) is 23.5 Å². The van der Waals surface area contributed by atoms with Crippen LogP contribution in [0.2, 0.25) is 0 Å². The molecule has 3 atom stereocenters. The molecule has 0 heterocycles. The van der Waals surface area contributed by atoms with E-state index in [1.54, 1.807) is 7.11 Å². The molecule has 110 valence electrons. The van der Waals surface area contributed by atoms with Crippen LogP contribution in [-0.2, 0) is 6.42 Å². The number of benzene rings is 1. The van der Waals surface area contributed by atoms with Gasteiger partial charge < -0.3 is 15.2 Å². The van der Waals surface area contributed by atoms with Crippen LogP contribution in [0.1, 0.15) is 31.2 Å². The van der Waals surface area contributed by atoms with Crippen molar-refractivity contribution in [2.45, 2.75) is 32.1 Å². The maximum Gasteiger partial charge on any atom is 0.122 e. The molecule has 2 aliphatic rings. The van der Waals surface area contributed by atoms with Gasteiger partial charge in [-0.25, -0.2) is 0 Å². The normalized spacial score (nSPS) is 27.8. The zero-order chi connectivity index (χ0) is 13.9. The summed E-state index contributed by atoms with van der Waals surface area (Å²) < 4.78 is 11.4. The summed E-state index contributed by atoms with van der Waals surface area (Å²) in [6.07, 6.45) is 6.50. The Hall–Kier alpha value is -1.22. The van der Waals surface area contributed by atoms with Crippen molar-refractivity contribution in [1.82, 2.24) is 0 Å². The minimum Gasteiger partial charge on any atom is -0.497 e. The highest BCUT2D eigenvalue weighted by Gasteiger charge is 2.39. The fraction of sp³-hybridized carbons (Fsp3) is 0.647. The molecule has 2 fully saturated rings. The van der Waals surface area contributed by atoms with Gasteiger partial charge >= 0.3 is 0 Å². The Morgan fingerprint density at radius 2 is 2.15 bits per heavy atom. The summed E-state index contributed by atoms with van der Waals surface area (Å²) in [5.41, 5.74) is 6.85. The van der Waals surface area contributed by atoms with Gasteiger partial charge in [0.2, 0.25) is 0 Å². The molecular formula is C17H25NO2. The lowest BCUT2D eigenvalue weighted by Crippen LogP contribution is -2.19. The monoisotopic (exact) mass is 275 g/mol. The molecule has 0 radical (unpaired) electrons. The number of nitrogens with two attached hydrogens (primary N) is 1. The topological polar surface area (TPSA) is 44.5 Å². The third-order valence-corrected chi connectivity index (χ3v) is 5.02. The highest BCUT2D eigenvalue weighted by molar-refractivity contribution is 5.40. The zero-order valence-electron chi connectivity index (χ0n) is 12.3. The van der Waals surface area contributed by atoms with E-state index in [0.717, 1.165) is 47.8 Å². The van der Waals surface area contributed by atoms with Crippen molar-refractivity contribution in [1.29, 1.82) is 0 Å². The van der Waals surface area contributed by atoms with Crippen molar-refractivity contribution in [2.75, 3.05) is 20.3 Å². The molecular weight excluding hydrogens is 250 g/mol. The van der Waals surface area contributed by atoms with Gasteiger partial charge in [-0.15, -0.1) is 0 Å². The zero-order valence-corrected chi connectivity index (χ0v) is 12.3. The molecule has 3 rings (SSSR count). The van der Waals surface area contributed by atoms with Gasteiger partial charge in [0, 0.05) is 0 Å². The minimum atomic E-state index is 0.637. The van der Waals surface area contributed by atoms with E-state index in [1.807, 2.05) is 18.2 Å². The van der Waals surface area contributed by atoms with Gasteiger partial charge in [0.1, 0.15) is 11.5 Å². The lowest BCUT2D eigenvalue weighted by molar-refractivity contribution is 0.194. The number of ether oxygens (including phenoxy) is 2. The van der Waals surface area contributed by atoms with E-state index in [0.29, 0.717) is 6.54 Å². The molecule has 2 N–H and O–H groups in total. The first-order valence-electron chi connectivity index (χ1n) is 7.80. The highest BCUT2D eigenvalue weighted by Crippen LogP contribution is 2.48. The molecule has 3 heteroatoms. The molecule has 20 heavy (non-hydrogen) atoms. The number of methoxy groups -OCH3 is 1. The quantitative estimate of drug-likeness (QED) is 0.868. The van der Waals surface area contributed by atoms with E-state index >= 15 is 0 Å². The first kappa shape index (κ1) is 13.7. The number of hydrogen-bond acceptors (Lipinski definition) is 3. The van der Waals surface area contributed by atoms with Crippen LogP contribution >= 0.6 is 0 Å². The van der Waals surface area contributed by atoms with Crippen molar-refractivity contribution in [3.63, 3.8) is 0 Å². The average Bonchev–Trinajstić information content (AvgIpc) is 3.08. The number of hydrogen-bond donors (Lipinski definition) is 1. The molecule has 2 saturated carbocycles. The van der Waals surface area contributed by atoms with Crippen molar-refractivity contribution in [3.8, 4) is 11.5 Å². The Labute approximate surface area is 121 Å². The Bertz CT molecular complexity index is 460. The van der Waals surface area contributed by atoms with Crippen LogP contribution < -0.4 is 15.2 Å². The van der Waals surface area contributed by atoms with Crippen LogP contribution in [0.15, 0.2) is 18.2 Å². The molecule has 2 aliphatic carbocycles.